The number of aryl methyl sites for hydroxylation is 1. The molecule has 17 heavy (non-hydrogen) atoms. The molecule has 1 aliphatic carbocycles. The van der Waals surface area contributed by atoms with Gasteiger partial charge in [0.15, 0.2) is 0 Å². The third kappa shape index (κ3) is 2.68. The van der Waals surface area contributed by atoms with E-state index in [1.165, 1.54) is 25.7 Å². The van der Waals surface area contributed by atoms with E-state index < -0.39 is 0 Å². The fraction of sp³-hybridized carbons (Fsp3) is 0.692. The molecule has 2 rings (SSSR count). The van der Waals surface area contributed by atoms with Gasteiger partial charge in [-0.15, -0.1) is 0 Å². The van der Waals surface area contributed by atoms with Gasteiger partial charge in [0.1, 0.15) is 17.5 Å². The second-order valence-electron chi connectivity index (χ2n) is 4.65. The Hall–Kier alpha value is -1.32. The van der Waals surface area contributed by atoms with Gasteiger partial charge in [0.25, 0.3) is 0 Å². The summed E-state index contributed by atoms with van der Waals surface area (Å²) in [6, 6.07) is 2.54. The molecule has 1 aliphatic rings. The van der Waals surface area contributed by atoms with Crippen molar-refractivity contribution in [1.82, 2.24) is 9.97 Å². The highest BCUT2D eigenvalue weighted by molar-refractivity contribution is 5.48. The number of aromatic nitrogens is 2. The van der Waals surface area contributed by atoms with Gasteiger partial charge in [-0.2, -0.15) is 0 Å². The molecule has 0 aromatic carbocycles. The van der Waals surface area contributed by atoms with Crippen LogP contribution in [0.15, 0.2) is 6.07 Å². The van der Waals surface area contributed by atoms with E-state index in [2.05, 4.69) is 28.7 Å². The van der Waals surface area contributed by atoms with Crippen LogP contribution in [-0.2, 0) is 6.42 Å². The molecule has 1 fully saturated rings. The number of nitrogens with zero attached hydrogens (tertiary/aromatic N) is 3. The van der Waals surface area contributed by atoms with Gasteiger partial charge in [-0.05, 0) is 19.8 Å². The minimum Gasteiger partial charge on any atom is -0.384 e. The predicted octanol–water partition coefficient (Wildman–Crippen LogP) is 2.39. The maximum atomic E-state index is 5.85. The van der Waals surface area contributed by atoms with Crippen molar-refractivity contribution < 1.29 is 0 Å². The Balaban J connectivity index is 2.25. The number of rotatable bonds is 4. The smallest absolute Gasteiger partial charge is 0.134 e. The molecule has 0 saturated heterocycles. The van der Waals surface area contributed by atoms with Gasteiger partial charge in [0.05, 0.1) is 0 Å². The van der Waals surface area contributed by atoms with Crippen LogP contribution in [0.2, 0.25) is 0 Å². The fourth-order valence-electron chi connectivity index (χ4n) is 2.63. The van der Waals surface area contributed by atoms with E-state index in [1.54, 1.807) is 0 Å². The Morgan fingerprint density at radius 3 is 2.59 bits per heavy atom. The van der Waals surface area contributed by atoms with Crippen LogP contribution in [0.1, 0.15) is 45.4 Å². The van der Waals surface area contributed by atoms with Gasteiger partial charge in [0, 0.05) is 25.1 Å². The molecule has 0 bridgehead atoms. The van der Waals surface area contributed by atoms with Crippen molar-refractivity contribution in [2.45, 2.75) is 52.0 Å². The Kier molecular flexibility index (Phi) is 3.82. The first-order valence-electron chi connectivity index (χ1n) is 6.64. The average Bonchev–Trinajstić information content (AvgIpc) is 2.83. The minimum atomic E-state index is 0.586. The molecular formula is C13H22N4. The van der Waals surface area contributed by atoms with Crippen LogP contribution in [-0.4, -0.2) is 22.6 Å². The quantitative estimate of drug-likeness (QED) is 0.869. The summed E-state index contributed by atoms with van der Waals surface area (Å²) in [6.07, 6.45) is 6.06. The van der Waals surface area contributed by atoms with E-state index >= 15 is 0 Å². The fourth-order valence-corrected chi connectivity index (χ4v) is 2.63. The SMILES string of the molecule is CCc1nc(N)cc(N(CC)C2CCCC2)n1. The first kappa shape index (κ1) is 12.1. The second-order valence-corrected chi connectivity index (χ2v) is 4.65. The zero-order valence-corrected chi connectivity index (χ0v) is 10.8. The highest BCUT2D eigenvalue weighted by Crippen LogP contribution is 2.27. The lowest BCUT2D eigenvalue weighted by atomic mass is 10.2. The lowest BCUT2D eigenvalue weighted by Gasteiger charge is -2.29. The molecule has 1 saturated carbocycles. The van der Waals surface area contributed by atoms with E-state index in [0.29, 0.717) is 11.9 Å². The summed E-state index contributed by atoms with van der Waals surface area (Å²) in [7, 11) is 0. The first-order valence-corrected chi connectivity index (χ1v) is 6.64. The van der Waals surface area contributed by atoms with E-state index in [-0.39, 0.29) is 0 Å². The molecule has 0 amide bonds. The summed E-state index contributed by atoms with van der Waals surface area (Å²) >= 11 is 0. The predicted molar refractivity (Wildman–Crippen MR) is 71.1 cm³/mol. The van der Waals surface area contributed by atoms with Gasteiger partial charge >= 0.3 is 0 Å². The third-order valence-corrected chi connectivity index (χ3v) is 3.50. The van der Waals surface area contributed by atoms with Crippen LogP contribution >= 0.6 is 0 Å². The Morgan fingerprint density at radius 1 is 1.29 bits per heavy atom. The van der Waals surface area contributed by atoms with Gasteiger partial charge < -0.3 is 10.6 Å². The zero-order valence-electron chi connectivity index (χ0n) is 10.8. The lowest BCUT2D eigenvalue weighted by molar-refractivity contribution is 0.611. The molecule has 1 aromatic heterocycles. The van der Waals surface area contributed by atoms with Gasteiger partial charge in [0.2, 0.25) is 0 Å². The van der Waals surface area contributed by atoms with Crippen molar-refractivity contribution in [1.29, 1.82) is 0 Å². The summed E-state index contributed by atoms with van der Waals surface area (Å²) in [5, 5.41) is 0. The second kappa shape index (κ2) is 5.34. The molecule has 0 radical (unpaired) electrons. The van der Waals surface area contributed by atoms with E-state index in [9.17, 15) is 0 Å². The van der Waals surface area contributed by atoms with Gasteiger partial charge in [-0.3, -0.25) is 0 Å². The summed E-state index contributed by atoms with van der Waals surface area (Å²) in [4.78, 5) is 11.2. The number of nitrogen functional groups attached to an aromatic ring is 1. The Bertz CT molecular complexity index is 372. The largest absolute Gasteiger partial charge is 0.384 e. The summed E-state index contributed by atoms with van der Waals surface area (Å²) in [6.45, 7) is 5.23. The number of nitrogens with two attached hydrogens (primary N) is 1. The molecule has 4 nitrogen and oxygen atoms in total. The van der Waals surface area contributed by atoms with E-state index in [0.717, 1.165) is 24.6 Å². The topological polar surface area (TPSA) is 55.0 Å². The molecule has 2 N–H and O–H groups in total. The molecule has 0 aliphatic heterocycles. The van der Waals surface area contributed by atoms with Crippen LogP contribution in [0.3, 0.4) is 0 Å². The summed E-state index contributed by atoms with van der Waals surface area (Å²) in [5.41, 5.74) is 5.85. The molecule has 1 heterocycles. The van der Waals surface area contributed by atoms with E-state index in [4.69, 9.17) is 5.73 Å². The molecule has 0 atom stereocenters. The van der Waals surface area contributed by atoms with Crippen molar-refractivity contribution >= 4 is 11.6 Å². The average molecular weight is 234 g/mol. The molecular weight excluding hydrogens is 212 g/mol. The lowest BCUT2D eigenvalue weighted by Crippen LogP contribution is -2.34. The standard InChI is InChI=1S/C13H22N4/c1-3-12-15-11(14)9-13(16-12)17(4-2)10-7-5-6-8-10/h9-10H,3-8H2,1-2H3,(H2,14,15,16). The highest BCUT2D eigenvalue weighted by atomic mass is 15.2. The molecule has 4 heteroatoms. The Morgan fingerprint density at radius 2 is 2.00 bits per heavy atom. The molecule has 1 aromatic rings. The zero-order chi connectivity index (χ0) is 12.3. The van der Waals surface area contributed by atoms with Crippen LogP contribution in [0.4, 0.5) is 11.6 Å². The number of hydrogen-bond donors (Lipinski definition) is 1. The van der Waals surface area contributed by atoms with E-state index in [1.807, 2.05) is 6.07 Å². The van der Waals surface area contributed by atoms with Crippen LogP contribution in [0.25, 0.3) is 0 Å². The monoisotopic (exact) mass is 234 g/mol. The van der Waals surface area contributed by atoms with Crippen molar-refractivity contribution in [3.8, 4) is 0 Å². The maximum absolute atomic E-state index is 5.85. The minimum absolute atomic E-state index is 0.586. The normalized spacial score (nSPS) is 16.4. The van der Waals surface area contributed by atoms with Gasteiger partial charge in [-0.25, -0.2) is 9.97 Å². The Labute approximate surface area is 103 Å². The number of hydrogen-bond acceptors (Lipinski definition) is 4. The summed E-state index contributed by atoms with van der Waals surface area (Å²) < 4.78 is 0. The summed E-state index contributed by atoms with van der Waals surface area (Å²) in [5.74, 6) is 2.43. The van der Waals surface area contributed by atoms with Crippen molar-refractivity contribution in [2.24, 2.45) is 0 Å². The van der Waals surface area contributed by atoms with Crippen LogP contribution in [0.5, 0.6) is 0 Å². The highest BCUT2D eigenvalue weighted by Gasteiger charge is 2.23. The van der Waals surface area contributed by atoms with Crippen molar-refractivity contribution in [3.05, 3.63) is 11.9 Å². The van der Waals surface area contributed by atoms with Crippen molar-refractivity contribution in [3.63, 3.8) is 0 Å². The first-order chi connectivity index (χ1) is 8.24. The molecule has 0 unspecified atom stereocenters. The van der Waals surface area contributed by atoms with Gasteiger partial charge in [-0.1, -0.05) is 19.8 Å². The number of anilines is 2. The van der Waals surface area contributed by atoms with Crippen molar-refractivity contribution in [2.75, 3.05) is 17.2 Å². The van der Waals surface area contributed by atoms with Crippen LogP contribution in [0, 0.1) is 0 Å². The maximum Gasteiger partial charge on any atom is 0.134 e. The van der Waals surface area contributed by atoms with Crippen LogP contribution < -0.4 is 10.6 Å². The molecule has 94 valence electrons. The molecule has 0 spiro atoms. The third-order valence-electron chi connectivity index (χ3n) is 3.50.